The van der Waals surface area contributed by atoms with Gasteiger partial charge in [-0.05, 0) is 117 Å². The van der Waals surface area contributed by atoms with E-state index in [0.717, 1.165) is 95.9 Å². The first-order valence-corrected chi connectivity index (χ1v) is 17.0. The van der Waals surface area contributed by atoms with Crippen LogP contribution in [0.25, 0.3) is 23.3 Å². The molecule has 0 spiro atoms. The Morgan fingerprint density at radius 1 is 1.06 bits per heavy atom. The molecular formula is C41H50N2O6. The Balaban J connectivity index is 1.37. The molecule has 1 aliphatic heterocycles. The van der Waals surface area contributed by atoms with Gasteiger partial charge in [0.15, 0.2) is 0 Å². The van der Waals surface area contributed by atoms with Crippen LogP contribution in [0.4, 0.5) is 4.79 Å². The minimum Gasteiger partial charge on any atom is -0.496 e. The van der Waals surface area contributed by atoms with Gasteiger partial charge in [-0.3, -0.25) is 4.98 Å². The summed E-state index contributed by atoms with van der Waals surface area (Å²) in [5.74, 6) is 7.85. The van der Waals surface area contributed by atoms with E-state index in [1.807, 2.05) is 45.2 Å². The van der Waals surface area contributed by atoms with Gasteiger partial charge in [0, 0.05) is 32.2 Å². The molecule has 1 amide bonds. The predicted molar refractivity (Wildman–Crippen MR) is 196 cm³/mol. The van der Waals surface area contributed by atoms with E-state index >= 15 is 0 Å². The van der Waals surface area contributed by atoms with Gasteiger partial charge in [0.25, 0.3) is 0 Å². The van der Waals surface area contributed by atoms with Crippen LogP contribution in [0.3, 0.4) is 0 Å². The Morgan fingerprint density at radius 2 is 1.86 bits per heavy atom. The molecule has 3 aromatic rings. The molecule has 1 aliphatic rings. The lowest BCUT2D eigenvalue weighted by molar-refractivity contribution is 0.0254. The summed E-state index contributed by atoms with van der Waals surface area (Å²) in [5.41, 5.74) is 6.66. The van der Waals surface area contributed by atoms with Crippen LogP contribution in [0, 0.1) is 18.8 Å². The number of pyridine rings is 1. The number of aromatic nitrogens is 1. The number of carbonyl (C=O) groups is 1. The number of carbonyl (C=O) groups excluding carboxylic acids is 1. The maximum Gasteiger partial charge on any atom is 0.407 e. The van der Waals surface area contributed by atoms with Gasteiger partial charge < -0.3 is 29.0 Å². The van der Waals surface area contributed by atoms with Crippen molar-refractivity contribution in [1.29, 1.82) is 0 Å². The van der Waals surface area contributed by atoms with Crippen LogP contribution in [-0.4, -0.2) is 62.9 Å². The van der Waals surface area contributed by atoms with Crippen molar-refractivity contribution >= 4 is 18.2 Å². The van der Waals surface area contributed by atoms with Gasteiger partial charge >= 0.3 is 6.09 Å². The largest absolute Gasteiger partial charge is 0.496 e. The van der Waals surface area contributed by atoms with Crippen LogP contribution >= 0.6 is 0 Å². The van der Waals surface area contributed by atoms with Crippen molar-refractivity contribution in [3.63, 3.8) is 0 Å². The zero-order valence-corrected chi connectivity index (χ0v) is 29.6. The summed E-state index contributed by atoms with van der Waals surface area (Å²) >= 11 is 0. The number of aryl methyl sites for hydroxylation is 1. The number of hydrogen-bond donors (Lipinski definition) is 1. The third-order valence-corrected chi connectivity index (χ3v) is 7.94. The highest BCUT2D eigenvalue weighted by Gasteiger charge is 2.18. The molecule has 4 rings (SSSR count). The second-order valence-electron chi connectivity index (χ2n) is 12.9. The Hall–Kier alpha value is -4.58. The Bertz CT molecular complexity index is 1640. The molecular weight excluding hydrogens is 616 g/mol. The molecule has 0 aliphatic carbocycles. The van der Waals surface area contributed by atoms with Crippen LogP contribution in [0.15, 0.2) is 61.3 Å². The highest BCUT2D eigenvalue weighted by atomic mass is 16.6. The van der Waals surface area contributed by atoms with Gasteiger partial charge in [0.2, 0.25) is 0 Å². The van der Waals surface area contributed by atoms with Crippen LogP contribution in [0.2, 0.25) is 0 Å². The van der Waals surface area contributed by atoms with Crippen molar-refractivity contribution in [3.05, 3.63) is 89.3 Å². The van der Waals surface area contributed by atoms with Crippen LogP contribution in [-0.2, 0) is 20.6 Å². The maximum absolute atomic E-state index is 11.7. The third kappa shape index (κ3) is 12.1. The summed E-state index contributed by atoms with van der Waals surface area (Å²) in [6, 6.07) is 14.5. The second kappa shape index (κ2) is 18.8. The zero-order valence-electron chi connectivity index (χ0n) is 29.6. The molecule has 1 aromatic heterocycles. The first-order valence-electron chi connectivity index (χ1n) is 17.0. The molecule has 8 nitrogen and oxygen atoms in total. The Morgan fingerprint density at radius 3 is 2.61 bits per heavy atom. The maximum atomic E-state index is 11.7. The fraction of sp³-hybridized carbons (Fsp3) is 0.415. The summed E-state index contributed by atoms with van der Waals surface area (Å²) in [4.78, 5) is 16.4. The average molecular weight is 667 g/mol. The number of allylic oxidation sites excluding steroid dienone is 1. The number of amides is 1. The zero-order chi connectivity index (χ0) is 35.1. The lowest BCUT2D eigenvalue weighted by atomic mass is 9.97. The molecule has 0 radical (unpaired) electrons. The fourth-order valence-electron chi connectivity index (χ4n) is 5.47. The summed E-state index contributed by atoms with van der Waals surface area (Å²) in [6.45, 7) is 14.3. The molecule has 2 aromatic carbocycles. The van der Waals surface area contributed by atoms with Gasteiger partial charge in [0.1, 0.15) is 23.2 Å². The van der Waals surface area contributed by atoms with Gasteiger partial charge in [-0.15, -0.1) is 0 Å². The summed E-state index contributed by atoms with van der Waals surface area (Å²) in [6.07, 6.45) is 11.7. The number of rotatable bonds is 14. The molecule has 1 saturated heterocycles. The molecule has 0 bridgehead atoms. The number of nitrogens with one attached hydrogen (secondary N) is 1. The Kier molecular flexibility index (Phi) is 14.3. The van der Waals surface area contributed by atoms with Crippen molar-refractivity contribution in [1.82, 2.24) is 10.3 Å². The van der Waals surface area contributed by atoms with E-state index in [9.17, 15) is 4.79 Å². The minimum atomic E-state index is -0.513. The van der Waals surface area contributed by atoms with E-state index < -0.39 is 11.7 Å². The van der Waals surface area contributed by atoms with Crippen molar-refractivity contribution in [2.75, 3.05) is 40.1 Å². The summed E-state index contributed by atoms with van der Waals surface area (Å²) in [7, 11) is 1.70. The van der Waals surface area contributed by atoms with Crippen molar-refractivity contribution in [2.24, 2.45) is 0 Å². The van der Waals surface area contributed by atoms with Crippen LogP contribution < -0.4 is 14.8 Å². The van der Waals surface area contributed by atoms with Crippen molar-refractivity contribution in [2.45, 2.75) is 71.5 Å². The van der Waals surface area contributed by atoms with Gasteiger partial charge in [-0.2, -0.15) is 0 Å². The first kappa shape index (κ1) is 37.2. The molecule has 0 unspecified atom stereocenters. The molecule has 0 saturated carbocycles. The third-order valence-electron chi connectivity index (χ3n) is 7.94. The van der Waals surface area contributed by atoms with E-state index in [2.05, 4.69) is 72.1 Å². The topological polar surface area (TPSA) is 88.1 Å². The van der Waals surface area contributed by atoms with Gasteiger partial charge in [-0.25, -0.2) is 4.79 Å². The molecule has 260 valence electrons. The van der Waals surface area contributed by atoms with Gasteiger partial charge in [0.05, 0.1) is 38.2 Å². The molecule has 1 fully saturated rings. The Labute approximate surface area is 291 Å². The summed E-state index contributed by atoms with van der Waals surface area (Å²) < 4.78 is 28.4. The molecule has 8 heteroatoms. The normalized spacial score (nSPS) is 13.4. The number of benzene rings is 2. The average Bonchev–Trinajstić information content (AvgIpc) is 3.08. The fourth-order valence-corrected chi connectivity index (χ4v) is 5.47. The van der Waals surface area contributed by atoms with Gasteiger partial charge in [-0.1, -0.05) is 36.6 Å². The van der Waals surface area contributed by atoms with E-state index in [1.165, 1.54) is 0 Å². The smallest absolute Gasteiger partial charge is 0.407 e. The standard InChI is InChI=1S/C41H50N2O6/c1-7-8-11-34-29-32(15-18-39(34)48-35-20-25-47-26-21-35)36-19-22-42-37(30(36)2)16-13-31-14-17-38(45-6)33(28-31)12-9-10-24-46-27-23-43-40(44)49-41(3,4)5/h7,13-19,22,28-29,35H,1,9-10,12,20-21,23-27H2,2-6H3,(H,43,44). The molecule has 49 heavy (non-hydrogen) atoms. The van der Waals surface area contributed by atoms with E-state index in [-0.39, 0.29) is 6.10 Å². The van der Waals surface area contributed by atoms with E-state index in [1.54, 1.807) is 13.2 Å². The molecule has 2 heterocycles. The van der Waals surface area contributed by atoms with Crippen LogP contribution in [0.1, 0.15) is 74.4 Å². The highest BCUT2D eigenvalue weighted by molar-refractivity contribution is 5.77. The lowest BCUT2D eigenvalue weighted by Crippen LogP contribution is -2.34. The number of alkyl carbamates (subject to hydrolysis) is 1. The lowest BCUT2D eigenvalue weighted by Gasteiger charge is -2.24. The minimum absolute atomic E-state index is 0.127. The number of nitrogens with zero attached hydrogens (tertiary/aromatic N) is 1. The van der Waals surface area contributed by atoms with Crippen molar-refractivity contribution < 1.29 is 28.5 Å². The van der Waals surface area contributed by atoms with E-state index in [0.29, 0.717) is 19.8 Å². The first-order chi connectivity index (χ1) is 23.7. The number of ether oxygens (including phenoxy) is 5. The van der Waals surface area contributed by atoms with Crippen molar-refractivity contribution in [3.8, 4) is 34.5 Å². The predicted octanol–water partition coefficient (Wildman–Crippen LogP) is 8.20. The molecule has 0 atom stereocenters. The SMILES string of the molecule is C=CC#Cc1cc(-c2ccnc(C=Cc3ccc(OC)c(CCCCOCCNC(=O)OC(C)(C)C)c3)c2C)ccc1OC1CCOCC1. The number of unbranched alkanes of at least 4 members (excludes halogenated alkanes) is 1. The summed E-state index contributed by atoms with van der Waals surface area (Å²) in [5, 5.41) is 2.71. The highest BCUT2D eigenvalue weighted by Crippen LogP contribution is 2.31. The second-order valence-corrected chi connectivity index (χ2v) is 12.9. The number of methoxy groups -OCH3 is 1. The van der Waals surface area contributed by atoms with E-state index in [4.69, 9.17) is 23.7 Å². The quantitative estimate of drug-likeness (QED) is 0.137. The number of hydrogen-bond acceptors (Lipinski definition) is 7. The van der Waals surface area contributed by atoms with Crippen LogP contribution in [0.5, 0.6) is 11.5 Å². The molecule has 1 N–H and O–H groups in total. The monoisotopic (exact) mass is 666 g/mol.